The van der Waals surface area contributed by atoms with Crippen LogP contribution in [0.15, 0.2) is 42.5 Å². The Balaban J connectivity index is 1.71. The topological polar surface area (TPSA) is 79.0 Å². The second-order valence-electron chi connectivity index (χ2n) is 7.21. The van der Waals surface area contributed by atoms with E-state index in [-0.39, 0.29) is 6.54 Å². The number of carbonyl (C=O) groups is 1. The van der Waals surface area contributed by atoms with E-state index in [4.69, 9.17) is 4.74 Å². The minimum atomic E-state index is -3.72. The molecule has 2 aromatic rings. The Labute approximate surface area is 172 Å². The molecule has 0 aliphatic carbocycles. The number of benzene rings is 2. The second kappa shape index (κ2) is 8.94. The zero-order valence-electron chi connectivity index (χ0n) is 17.0. The highest BCUT2D eigenvalue weighted by Gasteiger charge is 2.35. The first-order chi connectivity index (χ1) is 13.8. The third kappa shape index (κ3) is 4.95. The molecule has 0 saturated carbocycles. The molecule has 1 aliphatic rings. The van der Waals surface area contributed by atoms with Crippen LogP contribution in [0.25, 0.3) is 0 Å². The van der Waals surface area contributed by atoms with Gasteiger partial charge in [-0.05, 0) is 49.1 Å². The number of rotatable bonds is 6. The van der Waals surface area contributed by atoms with Crippen LogP contribution in [0.1, 0.15) is 23.1 Å². The first-order valence-corrected chi connectivity index (χ1v) is 10.9. The lowest BCUT2D eigenvalue weighted by atomic mass is 10.1. The molecule has 3 rings (SSSR count). The van der Waals surface area contributed by atoms with E-state index in [9.17, 15) is 13.2 Å². The van der Waals surface area contributed by atoms with E-state index in [0.29, 0.717) is 37.5 Å². The van der Waals surface area contributed by atoms with Crippen molar-refractivity contribution < 1.29 is 17.9 Å². The number of methoxy groups -OCH3 is 1. The third-order valence-electron chi connectivity index (χ3n) is 5.02. The van der Waals surface area contributed by atoms with E-state index in [2.05, 4.69) is 5.32 Å². The third-order valence-corrected chi connectivity index (χ3v) is 6.95. The average Bonchev–Trinajstić information content (AvgIpc) is 2.67. The van der Waals surface area contributed by atoms with Crippen LogP contribution in [-0.2, 0) is 21.5 Å². The molecule has 1 saturated heterocycles. The van der Waals surface area contributed by atoms with Gasteiger partial charge >= 0.3 is 0 Å². The van der Waals surface area contributed by atoms with Crippen molar-refractivity contribution in [3.8, 4) is 5.75 Å². The van der Waals surface area contributed by atoms with Gasteiger partial charge in [0.15, 0.2) is 0 Å². The molecule has 1 fully saturated rings. The zero-order chi connectivity index (χ0) is 21.0. The summed E-state index contributed by atoms with van der Waals surface area (Å²) in [6, 6.07) is 13.2. The van der Waals surface area contributed by atoms with E-state index in [1.165, 1.54) is 15.7 Å². The second-order valence-corrected chi connectivity index (χ2v) is 9.14. The van der Waals surface area contributed by atoms with Crippen molar-refractivity contribution in [1.29, 1.82) is 0 Å². The average molecular weight is 418 g/mol. The highest BCUT2D eigenvalue weighted by Crippen LogP contribution is 2.26. The van der Waals surface area contributed by atoms with Crippen molar-refractivity contribution in [1.82, 2.24) is 8.61 Å². The van der Waals surface area contributed by atoms with Gasteiger partial charge in [0.05, 0.1) is 19.3 Å². The standard InChI is InChI=1S/C21H27N3O4S/c1-16-9-10-20(28-3)19(13-16)22-21(25)15-24-12-6-11-23(29(24,26)27)14-18-8-5-4-7-17(18)2/h4-5,7-10,13H,6,11-12,14-15H2,1-3H3,(H,22,25). The fourth-order valence-corrected chi connectivity index (χ4v) is 5.01. The van der Waals surface area contributed by atoms with Crippen LogP contribution in [0.3, 0.4) is 0 Å². The predicted molar refractivity (Wildman–Crippen MR) is 113 cm³/mol. The van der Waals surface area contributed by atoms with Gasteiger partial charge in [0.25, 0.3) is 10.2 Å². The van der Waals surface area contributed by atoms with E-state index in [1.54, 1.807) is 12.1 Å². The molecule has 0 spiro atoms. The van der Waals surface area contributed by atoms with Crippen molar-refractivity contribution >= 4 is 21.8 Å². The van der Waals surface area contributed by atoms with Gasteiger partial charge in [-0.3, -0.25) is 4.79 Å². The summed E-state index contributed by atoms with van der Waals surface area (Å²) in [5.74, 6) is 0.141. The van der Waals surface area contributed by atoms with Gasteiger partial charge in [-0.2, -0.15) is 17.0 Å². The molecular formula is C21H27N3O4S. The first-order valence-electron chi connectivity index (χ1n) is 9.55. The Morgan fingerprint density at radius 3 is 2.55 bits per heavy atom. The summed E-state index contributed by atoms with van der Waals surface area (Å²) in [5, 5.41) is 2.77. The molecule has 1 amide bonds. The number of ether oxygens (including phenoxy) is 1. The molecule has 156 valence electrons. The Kier molecular flexibility index (Phi) is 6.56. The highest BCUT2D eigenvalue weighted by atomic mass is 32.2. The summed E-state index contributed by atoms with van der Waals surface area (Å²) in [5.41, 5.74) is 3.51. The number of anilines is 1. The zero-order valence-corrected chi connectivity index (χ0v) is 17.8. The lowest BCUT2D eigenvalue weighted by Crippen LogP contribution is -2.51. The molecule has 29 heavy (non-hydrogen) atoms. The normalized spacial score (nSPS) is 17.1. The number of aryl methyl sites for hydroxylation is 2. The smallest absolute Gasteiger partial charge is 0.282 e. The van der Waals surface area contributed by atoms with Crippen LogP contribution in [0, 0.1) is 13.8 Å². The van der Waals surface area contributed by atoms with Crippen molar-refractivity contribution in [2.75, 3.05) is 32.1 Å². The Morgan fingerprint density at radius 1 is 1.10 bits per heavy atom. The molecule has 8 heteroatoms. The molecule has 0 radical (unpaired) electrons. The molecular weight excluding hydrogens is 390 g/mol. The van der Waals surface area contributed by atoms with Crippen molar-refractivity contribution in [3.63, 3.8) is 0 Å². The molecule has 0 atom stereocenters. The Bertz CT molecular complexity index is 991. The van der Waals surface area contributed by atoms with Gasteiger partial charge in [0, 0.05) is 19.6 Å². The fraction of sp³-hybridized carbons (Fsp3) is 0.381. The largest absolute Gasteiger partial charge is 0.495 e. The maximum absolute atomic E-state index is 13.0. The van der Waals surface area contributed by atoms with Gasteiger partial charge in [0.1, 0.15) is 5.75 Å². The monoisotopic (exact) mass is 417 g/mol. The van der Waals surface area contributed by atoms with Crippen LogP contribution in [0.2, 0.25) is 0 Å². The summed E-state index contributed by atoms with van der Waals surface area (Å²) < 4.78 is 34.0. The lowest BCUT2D eigenvalue weighted by Gasteiger charge is -2.34. The SMILES string of the molecule is COc1ccc(C)cc1NC(=O)CN1CCCN(Cc2ccccc2C)S1(=O)=O. The Morgan fingerprint density at radius 2 is 1.83 bits per heavy atom. The molecule has 1 N–H and O–H groups in total. The van der Waals surface area contributed by atoms with Gasteiger partial charge in [-0.1, -0.05) is 30.3 Å². The highest BCUT2D eigenvalue weighted by molar-refractivity contribution is 7.86. The molecule has 7 nitrogen and oxygen atoms in total. The quantitative estimate of drug-likeness (QED) is 0.784. The van der Waals surface area contributed by atoms with Gasteiger partial charge in [-0.25, -0.2) is 0 Å². The van der Waals surface area contributed by atoms with Crippen LogP contribution in [0.4, 0.5) is 5.69 Å². The lowest BCUT2D eigenvalue weighted by molar-refractivity contribution is -0.116. The van der Waals surface area contributed by atoms with Crippen molar-refractivity contribution in [3.05, 3.63) is 59.2 Å². The number of hydrogen-bond acceptors (Lipinski definition) is 4. The minimum absolute atomic E-state index is 0.232. The maximum Gasteiger partial charge on any atom is 0.282 e. The van der Waals surface area contributed by atoms with E-state index < -0.39 is 16.1 Å². The van der Waals surface area contributed by atoms with E-state index in [1.807, 2.05) is 44.2 Å². The van der Waals surface area contributed by atoms with Gasteiger partial charge < -0.3 is 10.1 Å². The summed E-state index contributed by atoms with van der Waals surface area (Å²) >= 11 is 0. The van der Waals surface area contributed by atoms with Crippen LogP contribution in [-0.4, -0.2) is 49.7 Å². The fourth-order valence-electron chi connectivity index (χ4n) is 3.39. The summed E-state index contributed by atoms with van der Waals surface area (Å²) in [4.78, 5) is 12.6. The minimum Gasteiger partial charge on any atom is -0.495 e. The molecule has 1 aliphatic heterocycles. The van der Waals surface area contributed by atoms with Crippen molar-refractivity contribution in [2.45, 2.75) is 26.8 Å². The molecule has 0 aromatic heterocycles. The number of nitrogens with zero attached hydrogens (tertiary/aromatic N) is 2. The molecule has 0 unspecified atom stereocenters. The predicted octanol–water partition coefficient (Wildman–Crippen LogP) is 2.70. The number of carbonyl (C=O) groups excluding carboxylic acids is 1. The van der Waals surface area contributed by atoms with Crippen LogP contribution >= 0.6 is 0 Å². The maximum atomic E-state index is 13.0. The number of amides is 1. The molecule has 2 aromatic carbocycles. The van der Waals surface area contributed by atoms with Crippen molar-refractivity contribution in [2.24, 2.45) is 0 Å². The number of hydrogen-bond donors (Lipinski definition) is 1. The van der Waals surface area contributed by atoms with Gasteiger partial charge in [0.2, 0.25) is 5.91 Å². The number of nitrogens with one attached hydrogen (secondary N) is 1. The molecule has 0 bridgehead atoms. The van der Waals surface area contributed by atoms with Crippen LogP contribution in [0.5, 0.6) is 5.75 Å². The van der Waals surface area contributed by atoms with E-state index >= 15 is 0 Å². The summed E-state index contributed by atoms with van der Waals surface area (Å²) in [6.45, 7) is 4.72. The van der Waals surface area contributed by atoms with E-state index in [0.717, 1.165) is 16.7 Å². The van der Waals surface area contributed by atoms with Gasteiger partial charge in [-0.15, -0.1) is 0 Å². The molecule has 1 heterocycles. The first kappa shape index (κ1) is 21.3. The van der Waals surface area contributed by atoms with Crippen LogP contribution < -0.4 is 10.1 Å². The summed E-state index contributed by atoms with van der Waals surface area (Å²) in [6.07, 6.45) is 0.673. The Hall–Kier alpha value is -2.42. The summed E-state index contributed by atoms with van der Waals surface area (Å²) in [7, 11) is -2.19.